The molecule has 2 aromatic carbocycles. The van der Waals surface area contributed by atoms with Crippen LogP contribution in [0.5, 0.6) is 5.75 Å². The molecule has 0 bridgehead atoms. The predicted octanol–water partition coefficient (Wildman–Crippen LogP) is 3.81. The Hall–Kier alpha value is -2.34. The molecule has 2 N–H and O–H groups in total. The molecule has 23 heavy (non-hydrogen) atoms. The Labute approximate surface area is 143 Å². The number of ether oxygens (including phenoxy) is 1. The summed E-state index contributed by atoms with van der Waals surface area (Å²) in [5.41, 5.74) is 1.31. The van der Waals surface area contributed by atoms with Crippen molar-refractivity contribution in [2.24, 2.45) is 0 Å². The van der Waals surface area contributed by atoms with Crippen LogP contribution in [0.25, 0.3) is 0 Å². The second-order valence-corrected chi connectivity index (χ2v) is 5.88. The molecule has 0 aromatic heterocycles. The summed E-state index contributed by atoms with van der Waals surface area (Å²) in [6.07, 6.45) is -0.633. The Morgan fingerprint density at radius 3 is 2.00 bits per heavy atom. The first-order valence-electron chi connectivity index (χ1n) is 7.05. The van der Waals surface area contributed by atoms with Crippen LogP contribution in [0, 0.1) is 0 Å². The van der Waals surface area contributed by atoms with Gasteiger partial charge in [0.15, 0.2) is 6.10 Å². The monoisotopic (exact) mass is 376 g/mol. The fourth-order valence-corrected chi connectivity index (χ4v) is 2.12. The van der Waals surface area contributed by atoms with E-state index in [1.54, 1.807) is 43.3 Å². The third-order valence-electron chi connectivity index (χ3n) is 2.97. The van der Waals surface area contributed by atoms with E-state index in [1.165, 1.54) is 6.92 Å². The quantitative estimate of drug-likeness (QED) is 0.833. The summed E-state index contributed by atoms with van der Waals surface area (Å²) in [5, 5.41) is 5.43. The average molecular weight is 377 g/mol. The van der Waals surface area contributed by atoms with Crippen molar-refractivity contribution in [3.8, 4) is 5.75 Å². The van der Waals surface area contributed by atoms with E-state index in [2.05, 4.69) is 26.6 Å². The number of rotatable bonds is 5. The van der Waals surface area contributed by atoms with Crippen LogP contribution >= 0.6 is 15.9 Å². The largest absolute Gasteiger partial charge is 0.481 e. The smallest absolute Gasteiger partial charge is 0.265 e. The van der Waals surface area contributed by atoms with Gasteiger partial charge in [-0.1, -0.05) is 15.9 Å². The molecular formula is C17H17BrN2O3. The molecular weight excluding hydrogens is 360 g/mol. The van der Waals surface area contributed by atoms with Gasteiger partial charge in [0.05, 0.1) is 0 Å². The Balaban J connectivity index is 1.92. The summed E-state index contributed by atoms with van der Waals surface area (Å²) in [7, 11) is 0. The molecule has 0 unspecified atom stereocenters. The third-order valence-corrected chi connectivity index (χ3v) is 3.50. The molecule has 2 aromatic rings. The standard InChI is InChI=1S/C17H17BrN2O3/c1-11(23-16-9-3-13(18)4-10-16)17(22)20-15-7-5-14(6-8-15)19-12(2)21/h3-11H,1-2H3,(H,19,21)(H,20,22)/t11-/m1/s1. The molecule has 0 aliphatic rings. The van der Waals surface area contributed by atoms with Gasteiger partial charge in [0.2, 0.25) is 5.91 Å². The number of hydrogen-bond acceptors (Lipinski definition) is 3. The summed E-state index contributed by atoms with van der Waals surface area (Å²) in [5.74, 6) is 0.232. The number of hydrogen-bond donors (Lipinski definition) is 2. The molecule has 0 saturated carbocycles. The zero-order chi connectivity index (χ0) is 16.8. The number of carbonyl (C=O) groups is 2. The van der Waals surface area contributed by atoms with Crippen molar-refractivity contribution in [2.45, 2.75) is 20.0 Å². The Kier molecular flexibility index (Phi) is 5.76. The minimum Gasteiger partial charge on any atom is -0.481 e. The summed E-state index contributed by atoms with van der Waals surface area (Å²) in [6.45, 7) is 3.12. The van der Waals surface area contributed by atoms with E-state index in [-0.39, 0.29) is 11.8 Å². The lowest BCUT2D eigenvalue weighted by Crippen LogP contribution is -2.30. The third kappa shape index (κ3) is 5.41. The SMILES string of the molecule is CC(=O)Nc1ccc(NC(=O)[C@@H](C)Oc2ccc(Br)cc2)cc1. The van der Waals surface area contributed by atoms with E-state index < -0.39 is 6.10 Å². The number of anilines is 2. The molecule has 0 aliphatic heterocycles. The van der Waals surface area contributed by atoms with Gasteiger partial charge in [0.25, 0.3) is 5.91 Å². The highest BCUT2D eigenvalue weighted by Gasteiger charge is 2.14. The molecule has 6 heteroatoms. The zero-order valence-electron chi connectivity index (χ0n) is 12.8. The molecule has 0 spiro atoms. The van der Waals surface area contributed by atoms with Crippen molar-refractivity contribution in [1.82, 2.24) is 0 Å². The van der Waals surface area contributed by atoms with Gasteiger partial charge in [0, 0.05) is 22.8 Å². The minimum absolute atomic E-state index is 0.140. The van der Waals surface area contributed by atoms with Crippen LogP contribution in [0.1, 0.15) is 13.8 Å². The normalized spacial score (nSPS) is 11.4. The van der Waals surface area contributed by atoms with E-state index in [0.717, 1.165) is 4.47 Å². The van der Waals surface area contributed by atoms with Crippen LogP contribution in [-0.4, -0.2) is 17.9 Å². The molecule has 0 fully saturated rings. The van der Waals surface area contributed by atoms with Crippen molar-refractivity contribution in [3.63, 3.8) is 0 Å². The maximum atomic E-state index is 12.1. The highest BCUT2D eigenvalue weighted by molar-refractivity contribution is 9.10. The second kappa shape index (κ2) is 7.78. The summed E-state index contributed by atoms with van der Waals surface area (Å²) >= 11 is 3.34. The van der Waals surface area contributed by atoms with Gasteiger partial charge >= 0.3 is 0 Å². The maximum Gasteiger partial charge on any atom is 0.265 e. The lowest BCUT2D eigenvalue weighted by atomic mass is 10.2. The number of nitrogens with one attached hydrogen (secondary N) is 2. The molecule has 0 aliphatic carbocycles. The molecule has 0 radical (unpaired) electrons. The van der Waals surface area contributed by atoms with Gasteiger partial charge in [-0.15, -0.1) is 0 Å². The average Bonchev–Trinajstić information content (AvgIpc) is 2.51. The van der Waals surface area contributed by atoms with E-state index in [0.29, 0.717) is 17.1 Å². The number of halogens is 1. The molecule has 5 nitrogen and oxygen atoms in total. The lowest BCUT2D eigenvalue weighted by Gasteiger charge is -2.15. The fourth-order valence-electron chi connectivity index (χ4n) is 1.85. The summed E-state index contributed by atoms with van der Waals surface area (Å²) in [6, 6.07) is 14.1. The van der Waals surface area contributed by atoms with E-state index in [1.807, 2.05) is 12.1 Å². The van der Waals surface area contributed by atoms with Crippen LogP contribution in [0.15, 0.2) is 53.0 Å². The molecule has 0 heterocycles. The van der Waals surface area contributed by atoms with Crippen LogP contribution < -0.4 is 15.4 Å². The predicted molar refractivity (Wildman–Crippen MR) is 93.6 cm³/mol. The molecule has 120 valence electrons. The molecule has 0 saturated heterocycles. The van der Waals surface area contributed by atoms with Gasteiger partial charge < -0.3 is 15.4 Å². The van der Waals surface area contributed by atoms with Crippen LogP contribution in [0.4, 0.5) is 11.4 Å². The highest BCUT2D eigenvalue weighted by atomic mass is 79.9. The summed E-state index contributed by atoms with van der Waals surface area (Å²) in [4.78, 5) is 23.1. The van der Waals surface area contributed by atoms with Crippen LogP contribution in [-0.2, 0) is 9.59 Å². The first-order valence-corrected chi connectivity index (χ1v) is 7.84. The molecule has 1 atom stereocenters. The van der Waals surface area contributed by atoms with Crippen molar-refractivity contribution in [1.29, 1.82) is 0 Å². The molecule has 2 amide bonds. The van der Waals surface area contributed by atoms with Crippen molar-refractivity contribution >= 4 is 39.1 Å². The van der Waals surface area contributed by atoms with E-state index in [9.17, 15) is 9.59 Å². The van der Waals surface area contributed by atoms with Gasteiger partial charge in [-0.2, -0.15) is 0 Å². The van der Waals surface area contributed by atoms with Gasteiger partial charge in [-0.3, -0.25) is 9.59 Å². The van der Waals surface area contributed by atoms with E-state index in [4.69, 9.17) is 4.74 Å². The van der Waals surface area contributed by atoms with E-state index >= 15 is 0 Å². The first-order chi connectivity index (χ1) is 10.9. The molecule has 2 rings (SSSR count). The highest BCUT2D eigenvalue weighted by Crippen LogP contribution is 2.18. The number of amides is 2. The van der Waals surface area contributed by atoms with Crippen LogP contribution in [0.2, 0.25) is 0 Å². The van der Waals surface area contributed by atoms with Crippen molar-refractivity contribution in [2.75, 3.05) is 10.6 Å². The van der Waals surface area contributed by atoms with Gasteiger partial charge in [0.1, 0.15) is 5.75 Å². The van der Waals surface area contributed by atoms with Crippen molar-refractivity contribution in [3.05, 3.63) is 53.0 Å². The Morgan fingerprint density at radius 1 is 0.957 bits per heavy atom. The lowest BCUT2D eigenvalue weighted by molar-refractivity contribution is -0.122. The number of carbonyl (C=O) groups excluding carboxylic acids is 2. The fraction of sp³-hybridized carbons (Fsp3) is 0.176. The van der Waals surface area contributed by atoms with Crippen LogP contribution in [0.3, 0.4) is 0 Å². The summed E-state index contributed by atoms with van der Waals surface area (Å²) < 4.78 is 6.54. The van der Waals surface area contributed by atoms with Gasteiger partial charge in [-0.05, 0) is 55.5 Å². The Morgan fingerprint density at radius 2 is 1.48 bits per heavy atom. The Bertz CT molecular complexity index is 684. The minimum atomic E-state index is -0.633. The zero-order valence-corrected chi connectivity index (χ0v) is 14.4. The van der Waals surface area contributed by atoms with Crippen molar-refractivity contribution < 1.29 is 14.3 Å². The van der Waals surface area contributed by atoms with Gasteiger partial charge in [-0.25, -0.2) is 0 Å². The number of benzene rings is 2. The maximum absolute atomic E-state index is 12.1. The second-order valence-electron chi connectivity index (χ2n) is 4.96. The first kappa shape index (κ1) is 17.0. The topological polar surface area (TPSA) is 67.4 Å².